The maximum atomic E-state index is 6.29. The highest BCUT2D eigenvalue weighted by Gasteiger charge is 2.32. The molecule has 1 heterocycles. The topological polar surface area (TPSA) is 53.1 Å². The summed E-state index contributed by atoms with van der Waals surface area (Å²) >= 11 is 0. The van der Waals surface area contributed by atoms with Gasteiger partial charge in [-0.3, -0.25) is 4.68 Å². The summed E-state index contributed by atoms with van der Waals surface area (Å²) in [5, 5.41) is 4.16. The predicted octanol–water partition coefficient (Wildman–Crippen LogP) is 1.89. The van der Waals surface area contributed by atoms with E-state index in [9.17, 15) is 0 Å². The Morgan fingerprint density at radius 3 is 2.53 bits per heavy atom. The van der Waals surface area contributed by atoms with Crippen molar-refractivity contribution in [2.24, 2.45) is 12.8 Å². The maximum Gasteiger partial charge on any atom is 0.0823 e. The lowest BCUT2D eigenvalue weighted by atomic mass is 9.85. The third-order valence-corrected chi connectivity index (χ3v) is 3.78. The first kappa shape index (κ1) is 14.2. The fraction of sp³-hybridized carbons (Fsp3) is 0.769. The molecule has 0 saturated heterocycles. The Hall–Kier alpha value is -0.870. The Kier molecular flexibility index (Phi) is 5.15. The minimum atomic E-state index is -0.178. The predicted molar refractivity (Wildman–Crippen MR) is 69.8 cm³/mol. The van der Waals surface area contributed by atoms with Crippen LogP contribution in [0.2, 0.25) is 0 Å². The van der Waals surface area contributed by atoms with Gasteiger partial charge in [-0.1, -0.05) is 13.8 Å². The summed E-state index contributed by atoms with van der Waals surface area (Å²) in [6.07, 6.45) is 7.74. The minimum absolute atomic E-state index is 0.0720. The van der Waals surface area contributed by atoms with Crippen molar-refractivity contribution in [1.82, 2.24) is 9.78 Å². The van der Waals surface area contributed by atoms with E-state index in [4.69, 9.17) is 10.5 Å². The molecule has 1 aromatic heterocycles. The molecule has 1 aromatic rings. The highest BCUT2D eigenvalue weighted by molar-refractivity contribution is 5.05. The van der Waals surface area contributed by atoms with Crippen molar-refractivity contribution in [3.05, 3.63) is 18.0 Å². The zero-order valence-electron chi connectivity index (χ0n) is 11.4. The molecule has 17 heavy (non-hydrogen) atoms. The van der Waals surface area contributed by atoms with Gasteiger partial charge >= 0.3 is 0 Å². The van der Waals surface area contributed by atoms with Gasteiger partial charge in [0.05, 0.1) is 11.8 Å². The van der Waals surface area contributed by atoms with Gasteiger partial charge in [0.1, 0.15) is 0 Å². The molecular formula is C13H25N3O. The third-order valence-electron chi connectivity index (χ3n) is 3.78. The number of rotatable bonds is 7. The Balaban J connectivity index is 2.55. The molecule has 2 N–H and O–H groups in total. The Morgan fingerprint density at radius 1 is 1.47 bits per heavy atom. The van der Waals surface area contributed by atoms with Gasteiger partial charge in [0.15, 0.2) is 0 Å². The van der Waals surface area contributed by atoms with E-state index in [1.807, 2.05) is 24.1 Å². The molecule has 0 fully saturated rings. The Morgan fingerprint density at radius 2 is 2.12 bits per heavy atom. The number of aryl methyl sites for hydroxylation is 2. The molecule has 98 valence electrons. The summed E-state index contributed by atoms with van der Waals surface area (Å²) in [5.41, 5.74) is 7.34. The van der Waals surface area contributed by atoms with Crippen molar-refractivity contribution in [3.8, 4) is 0 Å². The normalized spacial score (nSPS) is 13.9. The van der Waals surface area contributed by atoms with E-state index in [0.29, 0.717) is 0 Å². The quantitative estimate of drug-likeness (QED) is 0.790. The molecule has 0 aromatic carbocycles. The van der Waals surface area contributed by atoms with Gasteiger partial charge in [0.2, 0.25) is 0 Å². The number of methoxy groups -OCH3 is 1. The van der Waals surface area contributed by atoms with Crippen LogP contribution in [0, 0.1) is 0 Å². The molecule has 0 spiro atoms. The van der Waals surface area contributed by atoms with Gasteiger partial charge in [0.25, 0.3) is 0 Å². The van der Waals surface area contributed by atoms with Gasteiger partial charge in [0, 0.05) is 26.4 Å². The minimum Gasteiger partial charge on any atom is -0.377 e. The SMILES string of the molecule is CCC(CC)(OC)C(N)CCc1cnn(C)c1. The molecular weight excluding hydrogens is 214 g/mol. The van der Waals surface area contributed by atoms with Crippen molar-refractivity contribution >= 4 is 0 Å². The van der Waals surface area contributed by atoms with Gasteiger partial charge in [-0.15, -0.1) is 0 Å². The van der Waals surface area contributed by atoms with Crippen molar-refractivity contribution in [1.29, 1.82) is 0 Å². The van der Waals surface area contributed by atoms with Crippen LogP contribution in [0.1, 0.15) is 38.7 Å². The molecule has 4 nitrogen and oxygen atoms in total. The van der Waals surface area contributed by atoms with Crippen molar-refractivity contribution in [2.75, 3.05) is 7.11 Å². The molecule has 0 amide bonds. The molecule has 0 bridgehead atoms. The van der Waals surface area contributed by atoms with Crippen LogP contribution in [-0.4, -0.2) is 28.5 Å². The van der Waals surface area contributed by atoms with Crippen LogP contribution < -0.4 is 5.73 Å². The second-order valence-corrected chi connectivity index (χ2v) is 4.64. The molecule has 0 radical (unpaired) electrons. The standard InChI is InChI=1S/C13H25N3O/c1-5-13(6-2,17-4)12(14)8-7-11-9-15-16(3)10-11/h9-10,12H,5-8,14H2,1-4H3. The molecule has 1 unspecified atom stereocenters. The molecule has 0 aliphatic heterocycles. The van der Waals surface area contributed by atoms with Gasteiger partial charge in [-0.25, -0.2) is 0 Å². The molecule has 0 saturated carbocycles. The van der Waals surface area contributed by atoms with Gasteiger partial charge < -0.3 is 10.5 Å². The number of hydrogen-bond donors (Lipinski definition) is 1. The highest BCUT2D eigenvalue weighted by atomic mass is 16.5. The maximum absolute atomic E-state index is 6.29. The van der Waals surface area contributed by atoms with Crippen molar-refractivity contribution < 1.29 is 4.74 Å². The van der Waals surface area contributed by atoms with Gasteiger partial charge in [-0.2, -0.15) is 5.10 Å². The Labute approximate surface area is 104 Å². The lowest BCUT2D eigenvalue weighted by molar-refractivity contribution is -0.0393. The van der Waals surface area contributed by atoms with Crippen molar-refractivity contribution in [2.45, 2.75) is 51.2 Å². The number of ether oxygens (including phenoxy) is 1. The monoisotopic (exact) mass is 239 g/mol. The summed E-state index contributed by atoms with van der Waals surface area (Å²) in [5.74, 6) is 0. The lowest BCUT2D eigenvalue weighted by Crippen LogP contribution is -2.48. The van der Waals surface area contributed by atoms with E-state index < -0.39 is 0 Å². The summed E-state index contributed by atoms with van der Waals surface area (Å²) in [7, 11) is 3.69. The van der Waals surface area contributed by atoms with Crippen LogP contribution in [0.4, 0.5) is 0 Å². The average Bonchev–Trinajstić information content (AvgIpc) is 2.75. The summed E-state index contributed by atoms with van der Waals surface area (Å²) < 4.78 is 7.47. The zero-order valence-corrected chi connectivity index (χ0v) is 11.4. The van der Waals surface area contributed by atoms with E-state index in [1.54, 1.807) is 7.11 Å². The molecule has 1 atom stereocenters. The van der Waals surface area contributed by atoms with Gasteiger partial charge in [-0.05, 0) is 31.2 Å². The molecule has 4 heteroatoms. The van der Waals surface area contributed by atoms with Crippen LogP contribution in [0.5, 0.6) is 0 Å². The number of aromatic nitrogens is 2. The zero-order chi connectivity index (χ0) is 12.9. The second kappa shape index (κ2) is 6.17. The summed E-state index contributed by atoms with van der Waals surface area (Å²) in [6.45, 7) is 4.27. The second-order valence-electron chi connectivity index (χ2n) is 4.64. The van der Waals surface area contributed by atoms with Crippen LogP contribution >= 0.6 is 0 Å². The first-order valence-corrected chi connectivity index (χ1v) is 6.36. The number of hydrogen-bond acceptors (Lipinski definition) is 3. The van der Waals surface area contributed by atoms with E-state index in [1.165, 1.54) is 5.56 Å². The summed E-state index contributed by atoms with van der Waals surface area (Å²) in [4.78, 5) is 0. The lowest BCUT2D eigenvalue weighted by Gasteiger charge is -2.36. The number of nitrogens with zero attached hydrogens (tertiary/aromatic N) is 2. The fourth-order valence-electron chi connectivity index (χ4n) is 2.40. The smallest absolute Gasteiger partial charge is 0.0823 e. The first-order valence-electron chi connectivity index (χ1n) is 6.36. The van der Waals surface area contributed by atoms with Crippen LogP contribution in [0.3, 0.4) is 0 Å². The highest BCUT2D eigenvalue weighted by Crippen LogP contribution is 2.25. The third kappa shape index (κ3) is 3.30. The molecule has 1 rings (SSSR count). The first-order chi connectivity index (χ1) is 8.07. The van der Waals surface area contributed by atoms with E-state index >= 15 is 0 Å². The van der Waals surface area contributed by atoms with Crippen LogP contribution in [-0.2, 0) is 18.2 Å². The molecule has 0 aliphatic carbocycles. The van der Waals surface area contributed by atoms with Crippen LogP contribution in [0.25, 0.3) is 0 Å². The van der Waals surface area contributed by atoms with E-state index in [2.05, 4.69) is 18.9 Å². The van der Waals surface area contributed by atoms with Crippen molar-refractivity contribution in [3.63, 3.8) is 0 Å². The average molecular weight is 239 g/mol. The number of nitrogens with two attached hydrogens (primary N) is 1. The summed E-state index contributed by atoms with van der Waals surface area (Å²) in [6, 6.07) is 0.0720. The largest absolute Gasteiger partial charge is 0.377 e. The van der Waals surface area contributed by atoms with Crippen LogP contribution in [0.15, 0.2) is 12.4 Å². The van der Waals surface area contributed by atoms with E-state index in [0.717, 1.165) is 25.7 Å². The fourth-order valence-corrected chi connectivity index (χ4v) is 2.40. The Bertz CT molecular complexity index is 323. The van der Waals surface area contributed by atoms with E-state index in [-0.39, 0.29) is 11.6 Å². The molecule has 0 aliphatic rings.